The minimum Gasteiger partial charge on any atom is -0.463 e. The second-order valence-electron chi connectivity index (χ2n) is 3.88. The van der Waals surface area contributed by atoms with Gasteiger partial charge >= 0.3 is 5.97 Å². The van der Waals surface area contributed by atoms with Crippen molar-refractivity contribution < 1.29 is 14.6 Å². The number of esters is 1. The van der Waals surface area contributed by atoms with Crippen molar-refractivity contribution in [2.45, 2.75) is 26.7 Å². The summed E-state index contributed by atoms with van der Waals surface area (Å²) in [7, 11) is 0. The molecule has 0 aliphatic rings. The van der Waals surface area contributed by atoms with E-state index in [1.54, 1.807) is 0 Å². The minimum atomic E-state index is -0.268. The molecule has 0 aromatic carbocycles. The van der Waals surface area contributed by atoms with Crippen molar-refractivity contribution in [1.29, 1.82) is 0 Å². The number of hydrogen-bond acceptors (Lipinski definition) is 4. The Hall–Kier alpha value is -0.320. The highest BCUT2D eigenvalue weighted by Gasteiger charge is 2.14. The van der Waals surface area contributed by atoms with Gasteiger partial charge in [0.25, 0.3) is 0 Å². The highest BCUT2D eigenvalue weighted by Crippen LogP contribution is 2.14. The van der Waals surface area contributed by atoms with Crippen LogP contribution in [0.4, 0.5) is 0 Å². The second kappa shape index (κ2) is 10.2. The van der Waals surface area contributed by atoms with Crippen molar-refractivity contribution in [2.24, 2.45) is 17.6 Å². The summed E-state index contributed by atoms with van der Waals surface area (Å²) in [6.45, 7) is 4.66. The molecule has 0 bridgehead atoms. The molecule has 0 aliphatic heterocycles. The van der Waals surface area contributed by atoms with Crippen LogP contribution in [0.1, 0.15) is 26.7 Å². The van der Waals surface area contributed by atoms with Gasteiger partial charge < -0.3 is 15.6 Å². The Morgan fingerprint density at radius 2 is 2.07 bits per heavy atom. The van der Waals surface area contributed by atoms with Crippen LogP contribution in [-0.2, 0) is 9.53 Å². The standard InChI is InChI=1S/C10H21NO3.ClH/c1-8(2)5-9(7-11)6-10(13)14-4-3-12;/h8-9,12H,3-7,11H2,1-2H3;1H/t9-;/m0./s1. The van der Waals surface area contributed by atoms with Crippen LogP contribution in [0.15, 0.2) is 0 Å². The Balaban J connectivity index is 0. The zero-order valence-electron chi connectivity index (χ0n) is 9.44. The summed E-state index contributed by atoms with van der Waals surface area (Å²) in [5, 5.41) is 8.45. The smallest absolute Gasteiger partial charge is 0.306 e. The topological polar surface area (TPSA) is 72.6 Å². The van der Waals surface area contributed by atoms with E-state index in [1.165, 1.54) is 0 Å². The molecule has 1 atom stereocenters. The maximum absolute atomic E-state index is 11.2. The number of carbonyl (C=O) groups excluding carboxylic acids is 1. The molecule has 0 fully saturated rings. The highest BCUT2D eigenvalue weighted by molar-refractivity contribution is 5.85. The van der Waals surface area contributed by atoms with Gasteiger partial charge in [0.15, 0.2) is 0 Å². The first-order chi connectivity index (χ1) is 6.60. The molecule has 92 valence electrons. The summed E-state index contributed by atoms with van der Waals surface area (Å²) in [6.07, 6.45) is 1.29. The number of halogens is 1. The lowest BCUT2D eigenvalue weighted by molar-refractivity contribution is -0.145. The van der Waals surface area contributed by atoms with Gasteiger partial charge in [-0.25, -0.2) is 0 Å². The van der Waals surface area contributed by atoms with Crippen molar-refractivity contribution in [2.75, 3.05) is 19.8 Å². The fraction of sp³-hybridized carbons (Fsp3) is 0.900. The van der Waals surface area contributed by atoms with Gasteiger partial charge in [-0.15, -0.1) is 12.4 Å². The van der Waals surface area contributed by atoms with E-state index < -0.39 is 0 Å². The van der Waals surface area contributed by atoms with Crippen LogP contribution in [-0.4, -0.2) is 30.8 Å². The van der Waals surface area contributed by atoms with E-state index in [-0.39, 0.29) is 37.5 Å². The van der Waals surface area contributed by atoms with Gasteiger partial charge in [-0.3, -0.25) is 4.79 Å². The predicted octanol–water partition coefficient (Wildman–Crippen LogP) is 0.955. The molecule has 0 aromatic rings. The summed E-state index contributed by atoms with van der Waals surface area (Å²) >= 11 is 0. The number of rotatable bonds is 7. The average molecular weight is 240 g/mol. The van der Waals surface area contributed by atoms with Crippen LogP contribution in [0.25, 0.3) is 0 Å². The van der Waals surface area contributed by atoms with E-state index in [2.05, 4.69) is 13.8 Å². The number of aliphatic hydroxyl groups excluding tert-OH is 1. The normalized spacial score (nSPS) is 12.1. The third-order valence-corrected chi connectivity index (χ3v) is 1.95. The molecule has 4 nitrogen and oxygen atoms in total. The highest BCUT2D eigenvalue weighted by atomic mass is 35.5. The number of hydrogen-bond donors (Lipinski definition) is 2. The third-order valence-electron chi connectivity index (χ3n) is 1.95. The van der Waals surface area contributed by atoms with Gasteiger partial charge in [0.2, 0.25) is 0 Å². The van der Waals surface area contributed by atoms with Crippen LogP contribution in [0.3, 0.4) is 0 Å². The first-order valence-corrected chi connectivity index (χ1v) is 5.06. The molecule has 5 heteroatoms. The summed E-state index contributed by atoms with van der Waals surface area (Å²) < 4.78 is 4.76. The Labute approximate surface area is 97.6 Å². The summed E-state index contributed by atoms with van der Waals surface area (Å²) in [4.78, 5) is 11.2. The van der Waals surface area contributed by atoms with Crippen LogP contribution >= 0.6 is 12.4 Å². The zero-order valence-corrected chi connectivity index (χ0v) is 10.3. The molecule has 0 radical (unpaired) electrons. The van der Waals surface area contributed by atoms with Crippen LogP contribution in [0, 0.1) is 11.8 Å². The minimum absolute atomic E-state index is 0. The third kappa shape index (κ3) is 9.97. The molecular weight excluding hydrogens is 218 g/mol. The maximum atomic E-state index is 11.2. The lowest BCUT2D eigenvalue weighted by Gasteiger charge is -2.15. The monoisotopic (exact) mass is 239 g/mol. The van der Waals surface area contributed by atoms with E-state index in [4.69, 9.17) is 15.6 Å². The van der Waals surface area contributed by atoms with Gasteiger partial charge in [0.05, 0.1) is 6.61 Å². The maximum Gasteiger partial charge on any atom is 0.306 e. The van der Waals surface area contributed by atoms with Gasteiger partial charge in [0, 0.05) is 6.42 Å². The number of aliphatic hydroxyl groups is 1. The molecule has 0 unspecified atom stereocenters. The van der Waals surface area contributed by atoms with Crippen molar-refractivity contribution in [3.63, 3.8) is 0 Å². The molecule has 0 aromatic heterocycles. The van der Waals surface area contributed by atoms with E-state index in [9.17, 15) is 4.79 Å². The molecule has 0 heterocycles. The largest absolute Gasteiger partial charge is 0.463 e. The summed E-state index contributed by atoms with van der Waals surface area (Å²) in [6, 6.07) is 0. The average Bonchev–Trinajstić information content (AvgIpc) is 2.12. The van der Waals surface area contributed by atoms with Gasteiger partial charge in [-0.1, -0.05) is 13.8 Å². The zero-order chi connectivity index (χ0) is 11.0. The number of nitrogens with two attached hydrogens (primary N) is 1. The molecule has 0 spiro atoms. The fourth-order valence-corrected chi connectivity index (χ4v) is 1.38. The molecular formula is C10H22ClNO3. The Morgan fingerprint density at radius 1 is 1.47 bits per heavy atom. The molecule has 0 saturated heterocycles. The molecule has 0 saturated carbocycles. The molecule has 3 N–H and O–H groups in total. The Morgan fingerprint density at radius 3 is 2.47 bits per heavy atom. The summed E-state index contributed by atoms with van der Waals surface area (Å²) in [5.74, 6) is 0.463. The molecule has 0 aliphatic carbocycles. The second-order valence-corrected chi connectivity index (χ2v) is 3.88. The molecule has 15 heavy (non-hydrogen) atoms. The van der Waals surface area contributed by atoms with Gasteiger partial charge in [0.1, 0.15) is 6.61 Å². The lowest BCUT2D eigenvalue weighted by atomic mass is 9.94. The lowest BCUT2D eigenvalue weighted by Crippen LogP contribution is -2.21. The Kier molecular flexibility index (Phi) is 11.6. The fourth-order valence-electron chi connectivity index (χ4n) is 1.38. The Bertz CT molecular complexity index is 165. The number of carbonyl (C=O) groups is 1. The number of ether oxygens (including phenoxy) is 1. The van der Waals surface area contributed by atoms with E-state index in [0.717, 1.165) is 6.42 Å². The van der Waals surface area contributed by atoms with Gasteiger partial charge in [-0.05, 0) is 24.8 Å². The van der Waals surface area contributed by atoms with Crippen LogP contribution in [0.2, 0.25) is 0 Å². The predicted molar refractivity (Wildman–Crippen MR) is 61.9 cm³/mol. The first kappa shape index (κ1) is 17.1. The van der Waals surface area contributed by atoms with Crippen molar-refractivity contribution >= 4 is 18.4 Å². The van der Waals surface area contributed by atoms with E-state index >= 15 is 0 Å². The molecule has 0 rings (SSSR count). The first-order valence-electron chi connectivity index (χ1n) is 5.06. The van der Waals surface area contributed by atoms with E-state index in [1.807, 2.05) is 0 Å². The van der Waals surface area contributed by atoms with Crippen LogP contribution in [0.5, 0.6) is 0 Å². The van der Waals surface area contributed by atoms with Crippen molar-refractivity contribution in [3.8, 4) is 0 Å². The SMILES string of the molecule is CC(C)C[C@H](CN)CC(=O)OCCO.Cl. The van der Waals surface area contributed by atoms with Gasteiger partial charge in [-0.2, -0.15) is 0 Å². The molecule has 0 amide bonds. The van der Waals surface area contributed by atoms with Crippen molar-refractivity contribution in [3.05, 3.63) is 0 Å². The summed E-state index contributed by atoms with van der Waals surface area (Å²) in [5.41, 5.74) is 5.54. The van der Waals surface area contributed by atoms with Crippen LogP contribution < -0.4 is 5.73 Å². The quantitative estimate of drug-likeness (QED) is 0.649. The van der Waals surface area contributed by atoms with Crippen molar-refractivity contribution in [1.82, 2.24) is 0 Å². The van der Waals surface area contributed by atoms with E-state index in [0.29, 0.717) is 18.9 Å².